The summed E-state index contributed by atoms with van der Waals surface area (Å²) in [5.74, 6) is -0.631. The van der Waals surface area contributed by atoms with Crippen LogP contribution in [0.1, 0.15) is 18.1 Å². The van der Waals surface area contributed by atoms with Crippen molar-refractivity contribution in [2.45, 2.75) is 25.0 Å². The molecule has 0 bridgehead atoms. The molecular formula is C19H19N3O5S. The van der Waals surface area contributed by atoms with Crippen LogP contribution in [0.3, 0.4) is 0 Å². The number of hydrogen-bond acceptors (Lipinski definition) is 7. The Hall–Kier alpha value is -3.25. The summed E-state index contributed by atoms with van der Waals surface area (Å²) in [6.07, 6.45) is -1.01. The van der Waals surface area contributed by atoms with Gasteiger partial charge in [-0.1, -0.05) is 11.8 Å². The fourth-order valence-corrected chi connectivity index (χ4v) is 3.09. The molecule has 0 saturated carbocycles. The van der Waals surface area contributed by atoms with Gasteiger partial charge in [0, 0.05) is 11.8 Å². The molecule has 1 atom stereocenters. The molecule has 9 heteroatoms. The highest BCUT2D eigenvalue weighted by Gasteiger charge is 2.19. The second kappa shape index (κ2) is 9.62. The van der Waals surface area contributed by atoms with Crippen LogP contribution in [0, 0.1) is 18.3 Å². The molecule has 0 fully saturated rings. The number of H-pyrrole nitrogens is 1. The van der Waals surface area contributed by atoms with Crippen molar-refractivity contribution in [1.29, 1.82) is 5.26 Å². The lowest BCUT2D eigenvalue weighted by Crippen LogP contribution is -2.30. The number of methoxy groups -OCH3 is 1. The lowest BCUT2D eigenvalue weighted by molar-refractivity contribution is -0.150. The zero-order chi connectivity index (χ0) is 20.7. The van der Waals surface area contributed by atoms with E-state index in [4.69, 9.17) is 9.47 Å². The van der Waals surface area contributed by atoms with Crippen LogP contribution >= 0.6 is 11.8 Å². The monoisotopic (exact) mass is 401 g/mol. The molecule has 2 N–H and O–H groups in total. The number of nitrogens with one attached hydrogen (secondary N) is 2. The number of thioether (sulfide) groups is 1. The molecular weight excluding hydrogens is 382 g/mol. The number of ether oxygens (including phenoxy) is 2. The number of nitriles is 1. The summed E-state index contributed by atoms with van der Waals surface area (Å²) in [6, 6.07) is 10.0. The molecule has 1 aromatic carbocycles. The van der Waals surface area contributed by atoms with E-state index in [1.165, 1.54) is 13.0 Å². The van der Waals surface area contributed by atoms with Gasteiger partial charge in [0.05, 0.1) is 23.5 Å². The molecule has 0 saturated heterocycles. The predicted octanol–water partition coefficient (Wildman–Crippen LogP) is 2.23. The quantitative estimate of drug-likeness (QED) is 0.539. The highest BCUT2D eigenvalue weighted by atomic mass is 32.2. The van der Waals surface area contributed by atoms with Gasteiger partial charge in [0.1, 0.15) is 11.8 Å². The van der Waals surface area contributed by atoms with E-state index in [0.717, 1.165) is 11.8 Å². The number of pyridine rings is 1. The largest absolute Gasteiger partial charge is 0.497 e. The number of benzene rings is 1. The Balaban J connectivity index is 1.91. The fraction of sp³-hybridized carbons (Fsp3) is 0.263. The van der Waals surface area contributed by atoms with Crippen LogP contribution in [0.25, 0.3) is 0 Å². The number of carbonyl (C=O) groups excluding carboxylic acids is 2. The van der Waals surface area contributed by atoms with Crippen molar-refractivity contribution in [1.82, 2.24) is 4.98 Å². The van der Waals surface area contributed by atoms with E-state index in [-0.39, 0.29) is 11.3 Å². The van der Waals surface area contributed by atoms with Crippen LogP contribution in [0.4, 0.5) is 5.69 Å². The topological polar surface area (TPSA) is 121 Å². The van der Waals surface area contributed by atoms with Crippen molar-refractivity contribution in [3.8, 4) is 11.8 Å². The Morgan fingerprint density at radius 2 is 2.00 bits per heavy atom. The molecule has 0 aliphatic heterocycles. The maximum absolute atomic E-state index is 12.1. The van der Waals surface area contributed by atoms with E-state index >= 15 is 0 Å². The van der Waals surface area contributed by atoms with Crippen LogP contribution in [-0.2, 0) is 14.3 Å². The fourth-order valence-electron chi connectivity index (χ4n) is 2.24. The normalized spacial score (nSPS) is 11.2. The molecule has 1 aromatic heterocycles. The SMILES string of the molecule is COc1ccc(NC(=O)[C@@H](C)OC(=O)CSc2[nH]c(=O)cc(C)c2C#N)cc1. The molecule has 0 unspecified atom stereocenters. The molecule has 0 aliphatic rings. The molecule has 0 spiro atoms. The first-order valence-corrected chi connectivity index (χ1v) is 9.23. The molecule has 8 nitrogen and oxygen atoms in total. The van der Waals surface area contributed by atoms with Gasteiger partial charge >= 0.3 is 5.97 Å². The number of esters is 1. The van der Waals surface area contributed by atoms with Gasteiger partial charge in [0.2, 0.25) is 5.56 Å². The first-order valence-electron chi connectivity index (χ1n) is 8.25. The predicted molar refractivity (Wildman–Crippen MR) is 104 cm³/mol. The molecule has 1 amide bonds. The van der Waals surface area contributed by atoms with E-state index < -0.39 is 18.0 Å². The summed E-state index contributed by atoms with van der Waals surface area (Å²) in [6.45, 7) is 3.10. The van der Waals surface area contributed by atoms with Crippen LogP contribution < -0.4 is 15.6 Å². The van der Waals surface area contributed by atoms with Gasteiger partial charge in [-0.3, -0.25) is 14.4 Å². The van der Waals surface area contributed by atoms with E-state index in [1.54, 1.807) is 38.3 Å². The first kappa shape index (κ1) is 21.1. The molecule has 0 radical (unpaired) electrons. The molecule has 28 heavy (non-hydrogen) atoms. The van der Waals surface area contributed by atoms with Gasteiger partial charge in [-0.25, -0.2) is 0 Å². The second-order valence-corrected chi connectivity index (χ2v) is 6.76. The van der Waals surface area contributed by atoms with Crippen molar-refractivity contribution in [3.63, 3.8) is 0 Å². The number of amides is 1. The number of hydrogen-bond donors (Lipinski definition) is 2. The number of aromatic nitrogens is 1. The van der Waals surface area contributed by atoms with E-state index in [9.17, 15) is 19.6 Å². The van der Waals surface area contributed by atoms with Gasteiger partial charge in [-0.2, -0.15) is 5.26 Å². The zero-order valence-corrected chi connectivity index (χ0v) is 16.4. The standard InChI is InChI=1S/C19H19N3O5S/c1-11-8-16(23)22-19(15(11)9-20)28-10-17(24)27-12(2)18(25)21-13-4-6-14(26-3)7-5-13/h4-8,12H,10H2,1-3H3,(H,21,25)(H,22,23)/t12-/m1/s1. The summed E-state index contributed by atoms with van der Waals surface area (Å²) in [5.41, 5.74) is 0.996. The molecule has 146 valence electrons. The molecule has 2 aromatic rings. The minimum Gasteiger partial charge on any atom is -0.497 e. The smallest absolute Gasteiger partial charge is 0.317 e. The number of aromatic amines is 1. The first-order chi connectivity index (χ1) is 13.3. The Morgan fingerprint density at radius 1 is 1.32 bits per heavy atom. The molecule has 0 aliphatic carbocycles. The van der Waals surface area contributed by atoms with Gasteiger partial charge in [0.15, 0.2) is 6.10 Å². The lowest BCUT2D eigenvalue weighted by Gasteiger charge is -2.14. The third-order valence-electron chi connectivity index (χ3n) is 3.69. The second-order valence-electron chi connectivity index (χ2n) is 5.77. The Bertz CT molecular complexity index is 963. The van der Waals surface area contributed by atoms with E-state index in [1.807, 2.05) is 6.07 Å². The highest BCUT2D eigenvalue weighted by Crippen LogP contribution is 2.21. The van der Waals surface area contributed by atoms with E-state index in [0.29, 0.717) is 27.6 Å². The summed E-state index contributed by atoms with van der Waals surface area (Å²) in [5, 5.41) is 12.1. The van der Waals surface area contributed by atoms with Crippen molar-refractivity contribution in [2.24, 2.45) is 0 Å². The van der Waals surface area contributed by atoms with Crippen molar-refractivity contribution in [2.75, 3.05) is 18.2 Å². The number of anilines is 1. The molecule has 2 rings (SSSR count). The van der Waals surface area contributed by atoms with Crippen molar-refractivity contribution >= 4 is 29.3 Å². The third-order valence-corrected chi connectivity index (χ3v) is 4.66. The maximum atomic E-state index is 12.1. The minimum absolute atomic E-state index is 0.159. The summed E-state index contributed by atoms with van der Waals surface area (Å²) < 4.78 is 10.2. The minimum atomic E-state index is -1.01. The maximum Gasteiger partial charge on any atom is 0.317 e. The van der Waals surface area contributed by atoms with Gasteiger partial charge in [-0.15, -0.1) is 0 Å². The van der Waals surface area contributed by atoms with Gasteiger partial charge < -0.3 is 19.8 Å². The number of aryl methyl sites for hydroxylation is 1. The Labute approximate surface area is 165 Å². The summed E-state index contributed by atoms with van der Waals surface area (Å²) in [7, 11) is 1.54. The number of nitrogens with zero attached hydrogens (tertiary/aromatic N) is 1. The van der Waals surface area contributed by atoms with Gasteiger partial charge in [0.25, 0.3) is 5.91 Å². The summed E-state index contributed by atoms with van der Waals surface area (Å²) in [4.78, 5) is 38.2. The lowest BCUT2D eigenvalue weighted by atomic mass is 10.2. The highest BCUT2D eigenvalue weighted by molar-refractivity contribution is 7.99. The number of carbonyl (C=O) groups is 2. The number of rotatable bonds is 7. The molecule has 1 heterocycles. The van der Waals surface area contributed by atoms with Crippen molar-refractivity contribution < 1.29 is 19.1 Å². The average Bonchev–Trinajstić information content (AvgIpc) is 2.66. The zero-order valence-electron chi connectivity index (χ0n) is 15.6. The van der Waals surface area contributed by atoms with E-state index in [2.05, 4.69) is 10.3 Å². The Morgan fingerprint density at radius 3 is 2.61 bits per heavy atom. The Kier molecular flexibility index (Phi) is 7.23. The van der Waals surface area contributed by atoms with Gasteiger partial charge in [-0.05, 0) is 43.7 Å². The van der Waals surface area contributed by atoms with Crippen LogP contribution in [-0.4, -0.2) is 35.8 Å². The summed E-state index contributed by atoms with van der Waals surface area (Å²) >= 11 is 0.972. The van der Waals surface area contributed by atoms with Crippen LogP contribution in [0.2, 0.25) is 0 Å². The van der Waals surface area contributed by atoms with Crippen LogP contribution in [0.5, 0.6) is 5.75 Å². The van der Waals surface area contributed by atoms with Crippen LogP contribution in [0.15, 0.2) is 40.2 Å². The van der Waals surface area contributed by atoms with Crippen molar-refractivity contribution in [3.05, 3.63) is 51.8 Å². The average molecular weight is 401 g/mol. The third kappa shape index (κ3) is 5.62.